The molecule has 0 amide bonds. The predicted octanol–water partition coefficient (Wildman–Crippen LogP) is 13.3. The van der Waals surface area contributed by atoms with Gasteiger partial charge in [0.25, 0.3) is 0 Å². The third kappa shape index (κ3) is 9.95. The molecular formula is C46H62IrNO2-. The molecule has 1 saturated carbocycles. The number of aromatic nitrogens is 1. The van der Waals surface area contributed by atoms with Crippen LogP contribution in [0.5, 0.6) is 0 Å². The Morgan fingerprint density at radius 3 is 2.12 bits per heavy atom. The third-order valence-corrected chi connectivity index (χ3v) is 11.0. The van der Waals surface area contributed by atoms with Gasteiger partial charge >= 0.3 is 0 Å². The summed E-state index contributed by atoms with van der Waals surface area (Å²) >= 11 is 0. The molecule has 4 heteroatoms. The first-order valence-corrected chi connectivity index (χ1v) is 18.9. The summed E-state index contributed by atoms with van der Waals surface area (Å²) in [6.07, 6.45) is 10.0. The van der Waals surface area contributed by atoms with Crippen LogP contribution in [0.4, 0.5) is 0 Å². The summed E-state index contributed by atoms with van der Waals surface area (Å²) < 4.78 is 0. The van der Waals surface area contributed by atoms with Gasteiger partial charge in [0.2, 0.25) is 0 Å². The minimum atomic E-state index is 0. The average Bonchev–Trinajstić information content (AvgIpc) is 3.04. The van der Waals surface area contributed by atoms with Crippen molar-refractivity contribution >= 4 is 27.5 Å². The normalized spacial score (nSPS) is 15.3. The van der Waals surface area contributed by atoms with E-state index in [-0.39, 0.29) is 48.9 Å². The Labute approximate surface area is 317 Å². The van der Waals surface area contributed by atoms with E-state index in [4.69, 9.17) is 4.98 Å². The Hall–Kier alpha value is -2.81. The van der Waals surface area contributed by atoms with Gasteiger partial charge in [-0.15, -0.1) is 29.1 Å². The fourth-order valence-electron chi connectivity index (χ4n) is 7.73. The summed E-state index contributed by atoms with van der Waals surface area (Å²) in [6, 6.07) is 21.7. The van der Waals surface area contributed by atoms with E-state index in [9.17, 15) is 9.90 Å². The number of carbonyl (C=O) groups is 1. The number of aliphatic hydroxyl groups excluding tert-OH is 1. The minimum absolute atomic E-state index is 0. The second-order valence-electron chi connectivity index (χ2n) is 16.4. The third-order valence-electron chi connectivity index (χ3n) is 11.0. The molecule has 3 nitrogen and oxygen atoms in total. The molecule has 1 aliphatic carbocycles. The second kappa shape index (κ2) is 17.6. The molecule has 0 unspecified atom stereocenters. The predicted molar refractivity (Wildman–Crippen MR) is 211 cm³/mol. The van der Waals surface area contributed by atoms with Gasteiger partial charge in [-0.05, 0) is 105 Å². The Morgan fingerprint density at radius 2 is 1.54 bits per heavy atom. The quantitative estimate of drug-likeness (QED) is 0.104. The maximum Gasteiger partial charge on any atom is 0.162 e. The summed E-state index contributed by atoms with van der Waals surface area (Å²) in [5.74, 6) is 1.15. The van der Waals surface area contributed by atoms with E-state index in [1.807, 2.05) is 27.7 Å². The van der Waals surface area contributed by atoms with Crippen LogP contribution in [0.1, 0.15) is 142 Å². The number of fused-ring (bicyclic) bond motifs is 2. The number of nitrogens with zero attached hydrogens (tertiary/aromatic N) is 1. The van der Waals surface area contributed by atoms with Crippen molar-refractivity contribution in [2.24, 2.45) is 17.3 Å². The molecule has 50 heavy (non-hydrogen) atoms. The van der Waals surface area contributed by atoms with Gasteiger partial charge in [-0.25, -0.2) is 0 Å². The van der Waals surface area contributed by atoms with Crippen molar-refractivity contribution < 1.29 is 30.0 Å². The monoisotopic (exact) mass is 853 g/mol. The smallest absolute Gasteiger partial charge is 0.162 e. The van der Waals surface area contributed by atoms with Crippen molar-refractivity contribution in [1.82, 2.24) is 4.98 Å². The summed E-state index contributed by atoms with van der Waals surface area (Å²) in [7, 11) is 0. The Balaban J connectivity index is 0.000000361. The number of carbonyl (C=O) groups excluding carboxylic acids is 1. The van der Waals surface area contributed by atoms with Gasteiger partial charge in [0.1, 0.15) is 0 Å². The van der Waals surface area contributed by atoms with Crippen LogP contribution in [0.25, 0.3) is 32.9 Å². The molecule has 5 rings (SSSR count). The number of pyridine rings is 1. The number of aryl methyl sites for hydroxylation is 2. The molecule has 1 fully saturated rings. The molecule has 1 N–H and O–H groups in total. The average molecular weight is 853 g/mol. The first kappa shape index (κ1) is 41.6. The summed E-state index contributed by atoms with van der Waals surface area (Å²) in [5.41, 5.74) is 9.30. The van der Waals surface area contributed by atoms with Gasteiger partial charge in [-0.3, -0.25) is 9.78 Å². The maximum absolute atomic E-state index is 11.7. The van der Waals surface area contributed by atoms with Gasteiger partial charge in [0.05, 0.1) is 11.3 Å². The van der Waals surface area contributed by atoms with Crippen molar-refractivity contribution in [2.45, 2.75) is 139 Å². The van der Waals surface area contributed by atoms with Crippen LogP contribution in [0.15, 0.2) is 60.4 Å². The van der Waals surface area contributed by atoms with Gasteiger partial charge in [-0.2, -0.15) is 0 Å². The molecule has 1 aromatic heterocycles. The number of benzene rings is 3. The molecule has 1 heterocycles. The Kier molecular flexibility index (Phi) is 14.7. The van der Waals surface area contributed by atoms with Crippen molar-refractivity contribution in [3.63, 3.8) is 0 Å². The SMILES string of the molecule is CCC(CC)C(=O)/C=C(\O)C(CC)CC.Cc1cc(C)c2c(C3CCC(C)(C)CC3)cc(-c3[c-]c4ccccc4c(C(C)(C)C)c3)nc2c1.[Ir]. The molecule has 3 aromatic carbocycles. The van der Waals surface area contributed by atoms with Crippen molar-refractivity contribution in [3.8, 4) is 11.3 Å². The first-order chi connectivity index (χ1) is 23.1. The minimum Gasteiger partial charge on any atom is -0.512 e. The molecule has 0 aliphatic heterocycles. The number of rotatable bonds is 9. The van der Waals surface area contributed by atoms with Gasteiger partial charge in [0.15, 0.2) is 5.78 Å². The fraction of sp³-hybridized carbons (Fsp3) is 0.522. The van der Waals surface area contributed by atoms with Gasteiger partial charge < -0.3 is 5.11 Å². The van der Waals surface area contributed by atoms with Crippen LogP contribution in [-0.4, -0.2) is 15.9 Å². The van der Waals surface area contributed by atoms with E-state index in [1.54, 1.807) is 0 Å². The van der Waals surface area contributed by atoms with E-state index >= 15 is 0 Å². The largest absolute Gasteiger partial charge is 0.512 e. The zero-order valence-corrected chi connectivity index (χ0v) is 35.1. The number of aliphatic hydroxyl groups is 1. The molecular weight excluding hydrogens is 791 g/mol. The van der Waals surface area contributed by atoms with Crippen LogP contribution in [0.3, 0.4) is 0 Å². The number of allylic oxidation sites excluding steroid dienone is 2. The van der Waals surface area contributed by atoms with E-state index in [0.717, 1.165) is 42.5 Å². The van der Waals surface area contributed by atoms with E-state index in [2.05, 4.69) is 103 Å². The second-order valence-corrected chi connectivity index (χ2v) is 16.4. The van der Waals surface area contributed by atoms with Crippen molar-refractivity contribution in [3.05, 3.63) is 88.7 Å². The Bertz CT molecular complexity index is 1780. The van der Waals surface area contributed by atoms with Crippen molar-refractivity contribution in [2.75, 3.05) is 0 Å². The molecule has 1 aliphatic rings. The Morgan fingerprint density at radius 1 is 0.940 bits per heavy atom. The fourth-order valence-corrected chi connectivity index (χ4v) is 7.73. The van der Waals surface area contributed by atoms with Crippen LogP contribution < -0.4 is 0 Å². The molecule has 0 bridgehead atoms. The standard InChI is InChI=1S/C33H38N.C13H24O2.Ir/c1-21-16-22(2)31-27(23-12-14-33(6,7)15-13-23)20-29(34-30(31)17-21)25-18-24-10-8-9-11-26(24)28(19-25)32(3,4)5;1-5-10(6-2)12(14)9-13(15)11(7-3)8-4;/h8-11,16-17,19-20,23H,12-15H2,1-7H3;9-11,14H,5-8H2,1-4H3;/q-1;;/b;12-9-;. The molecule has 4 aromatic rings. The zero-order valence-electron chi connectivity index (χ0n) is 32.7. The van der Waals surface area contributed by atoms with Crippen LogP contribution in [0.2, 0.25) is 0 Å². The maximum atomic E-state index is 11.7. The van der Waals surface area contributed by atoms with E-state index in [1.165, 1.54) is 70.2 Å². The van der Waals surface area contributed by atoms with Crippen LogP contribution in [0, 0.1) is 37.2 Å². The van der Waals surface area contributed by atoms with Crippen LogP contribution in [-0.2, 0) is 30.3 Å². The summed E-state index contributed by atoms with van der Waals surface area (Å²) in [6.45, 7) is 24.3. The molecule has 0 atom stereocenters. The van der Waals surface area contributed by atoms with Crippen molar-refractivity contribution in [1.29, 1.82) is 0 Å². The van der Waals surface area contributed by atoms with Crippen LogP contribution >= 0.6 is 0 Å². The van der Waals surface area contributed by atoms with Gasteiger partial charge in [-0.1, -0.05) is 104 Å². The summed E-state index contributed by atoms with van der Waals surface area (Å²) in [4.78, 5) is 17.0. The number of hydrogen-bond acceptors (Lipinski definition) is 3. The molecule has 1 radical (unpaired) electrons. The topological polar surface area (TPSA) is 50.2 Å². The molecule has 0 saturated heterocycles. The molecule has 273 valence electrons. The number of ketones is 1. The summed E-state index contributed by atoms with van der Waals surface area (Å²) in [5, 5.41) is 13.6. The zero-order chi connectivity index (χ0) is 36.1. The van der Waals surface area contributed by atoms with E-state index < -0.39 is 0 Å². The van der Waals surface area contributed by atoms with E-state index in [0.29, 0.717) is 11.3 Å². The first-order valence-electron chi connectivity index (χ1n) is 18.9. The number of hydrogen-bond donors (Lipinski definition) is 1. The van der Waals surface area contributed by atoms with Gasteiger partial charge in [0, 0.05) is 49.1 Å². The molecule has 0 spiro atoms.